The molecule has 0 saturated heterocycles. The van der Waals surface area contributed by atoms with Crippen molar-refractivity contribution in [2.45, 2.75) is 25.0 Å². The van der Waals surface area contributed by atoms with Gasteiger partial charge in [-0.3, -0.25) is 4.55 Å². The van der Waals surface area contributed by atoms with Crippen molar-refractivity contribution in [3.05, 3.63) is 41.6 Å². The topological polar surface area (TPSA) is 117 Å². The highest BCUT2D eigenvalue weighted by atomic mass is 32.2. The van der Waals surface area contributed by atoms with Gasteiger partial charge in [-0.1, -0.05) is 18.3 Å². The molecule has 1 atom stereocenters. The molecule has 3 rings (SSSR count). The maximum absolute atomic E-state index is 11.4. The molecule has 1 aromatic carbocycles. The second kappa shape index (κ2) is 5.55. The van der Waals surface area contributed by atoms with Gasteiger partial charge in [-0.05, 0) is 43.7 Å². The zero-order valence-corrected chi connectivity index (χ0v) is 14.7. The van der Waals surface area contributed by atoms with Gasteiger partial charge >= 0.3 is 10.1 Å². The summed E-state index contributed by atoms with van der Waals surface area (Å²) in [6, 6.07) is 9.11. The lowest BCUT2D eigenvalue weighted by Gasteiger charge is -2.37. The molecule has 5 N–H and O–H groups in total. The normalized spacial score (nSPS) is 19.4. The van der Waals surface area contributed by atoms with Crippen molar-refractivity contribution in [1.29, 1.82) is 0 Å². The molecule has 2 aromatic rings. The Morgan fingerprint density at radius 2 is 2.04 bits per heavy atom. The van der Waals surface area contributed by atoms with Crippen molar-refractivity contribution in [3.8, 4) is 11.3 Å². The Morgan fingerprint density at radius 3 is 2.62 bits per heavy atom. The third kappa shape index (κ3) is 3.03. The van der Waals surface area contributed by atoms with Gasteiger partial charge in [0.15, 0.2) is 0 Å². The van der Waals surface area contributed by atoms with Gasteiger partial charge in [-0.2, -0.15) is 8.42 Å². The van der Waals surface area contributed by atoms with E-state index in [0.717, 1.165) is 16.8 Å². The molecule has 24 heavy (non-hydrogen) atoms. The summed E-state index contributed by atoms with van der Waals surface area (Å²) in [5.74, 6) is 0. The van der Waals surface area contributed by atoms with Crippen molar-refractivity contribution >= 4 is 33.0 Å². The lowest BCUT2D eigenvalue weighted by molar-refractivity contribution is -0.0406. The van der Waals surface area contributed by atoms with Crippen LogP contribution in [0.15, 0.2) is 30.3 Å². The van der Waals surface area contributed by atoms with Crippen LogP contribution in [0.4, 0.5) is 5.69 Å². The van der Waals surface area contributed by atoms with E-state index < -0.39 is 21.3 Å². The number of ether oxygens (including phenoxy) is 1. The maximum Gasteiger partial charge on any atom is 0.312 e. The third-order valence-electron chi connectivity index (χ3n) is 3.88. The van der Waals surface area contributed by atoms with Gasteiger partial charge in [0.05, 0.1) is 11.3 Å². The van der Waals surface area contributed by atoms with Gasteiger partial charge in [0.1, 0.15) is 4.99 Å². The van der Waals surface area contributed by atoms with E-state index in [1.807, 2.05) is 18.2 Å². The molecule has 1 aliphatic heterocycles. The molecule has 1 unspecified atom stereocenters. The van der Waals surface area contributed by atoms with E-state index in [0.29, 0.717) is 11.4 Å². The van der Waals surface area contributed by atoms with Crippen LogP contribution in [-0.4, -0.2) is 28.5 Å². The summed E-state index contributed by atoms with van der Waals surface area (Å²) in [6.07, 6.45) is 0. The lowest BCUT2D eigenvalue weighted by Crippen LogP contribution is -2.43. The van der Waals surface area contributed by atoms with E-state index >= 15 is 0 Å². The van der Waals surface area contributed by atoms with E-state index in [-0.39, 0.29) is 4.99 Å². The first-order valence-electron chi connectivity index (χ1n) is 7.12. The van der Waals surface area contributed by atoms with E-state index in [2.05, 4.69) is 10.3 Å². The maximum atomic E-state index is 11.4. The summed E-state index contributed by atoms with van der Waals surface area (Å²) < 4.78 is 37.5. The van der Waals surface area contributed by atoms with E-state index in [1.54, 1.807) is 26.0 Å². The average Bonchev–Trinajstić information content (AvgIpc) is 2.95. The molecule has 0 spiro atoms. The van der Waals surface area contributed by atoms with Crippen LogP contribution in [0.5, 0.6) is 0 Å². The lowest BCUT2D eigenvalue weighted by atomic mass is 9.92. The number of benzene rings is 1. The van der Waals surface area contributed by atoms with Gasteiger partial charge in [-0.25, -0.2) is 0 Å². The van der Waals surface area contributed by atoms with Crippen molar-refractivity contribution in [2.75, 3.05) is 5.32 Å². The monoisotopic (exact) mass is 367 g/mol. The molecule has 1 aromatic heterocycles. The minimum atomic E-state index is -4.38. The van der Waals surface area contributed by atoms with Crippen LogP contribution in [0.2, 0.25) is 0 Å². The molecule has 9 heteroatoms. The van der Waals surface area contributed by atoms with Gasteiger partial charge in [0.2, 0.25) is 0 Å². The first kappa shape index (κ1) is 16.9. The quantitative estimate of drug-likeness (QED) is 0.485. The van der Waals surface area contributed by atoms with Gasteiger partial charge in [0, 0.05) is 16.9 Å². The molecule has 2 heterocycles. The number of nitrogens with one attached hydrogen (secondary N) is 2. The fourth-order valence-corrected chi connectivity index (χ4v) is 3.42. The Hall–Kier alpha value is -1.94. The minimum absolute atomic E-state index is 0.278. The van der Waals surface area contributed by atoms with Gasteiger partial charge < -0.3 is 20.8 Å². The number of nitrogens with two attached hydrogens (primary N) is 1. The van der Waals surface area contributed by atoms with Gasteiger partial charge in [-0.15, -0.1) is 0 Å². The highest BCUT2D eigenvalue weighted by molar-refractivity contribution is 7.86. The molecule has 1 aliphatic rings. The number of rotatable bonds is 3. The fraction of sp³-hybridized carbons (Fsp3) is 0.267. The van der Waals surface area contributed by atoms with Crippen molar-refractivity contribution in [2.24, 2.45) is 5.73 Å². The molecule has 0 amide bonds. The second-order valence-electron chi connectivity index (χ2n) is 6.03. The summed E-state index contributed by atoms with van der Waals surface area (Å²) >= 11 is 4.94. The van der Waals surface area contributed by atoms with Crippen LogP contribution in [0, 0.1) is 0 Å². The zero-order chi connectivity index (χ0) is 17.7. The molecule has 7 nitrogen and oxygen atoms in total. The highest BCUT2D eigenvalue weighted by Gasteiger charge is 2.39. The molecular weight excluding hydrogens is 350 g/mol. The second-order valence-corrected chi connectivity index (χ2v) is 7.93. The SMILES string of the molecule is CC1(C)OC(S(=O)(=O)O)Nc2ccc(-c3ccc(C(N)=S)[nH]3)cc21. The van der Waals surface area contributed by atoms with E-state index in [1.165, 1.54) is 0 Å². The fourth-order valence-electron chi connectivity index (χ4n) is 2.67. The first-order valence-corrected chi connectivity index (χ1v) is 9.03. The molecular formula is C15H17N3O4S2. The first-order chi connectivity index (χ1) is 11.1. The molecule has 0 bridgehead atoms. The minimum Gasteiger partial charge on any atom is -0.388 e. The Bertz CT molecular complexity index is 919. The summed E-state index contributed by atoms with van der Waals surface area (Å²) in [5, 5.41) is 2.68. The number of aromatic amines is 1. The van der Waals surface area contributed by atoms with Crippen molar-refractivity contribution in [1.82, 2.24) is 4.98 Å². The average molecular weight is 367 g/mol. The summed E-state index contributed by atoms with van der Waals surface area (Å²) in [6.45, 7) is 3.48. The van der Waals surface area contributed by atoms with Crippen LogP contribution in [0.3, 0.4) is 0 Å². The number of hydrogen-bond acceptors (Lipinski definition) is 5. The Kier molecular flexibility index (Phi) is 3.91. The molecule has 0 saturated carbocycles. The van der Waals surface area contributed by atoms with Crippen molar-refractivity contribution in [3.63, 3.8) is 0 Å². The summed E-state index contributed by atoms with van der Waals surface area (Å²) in [5.41, 5.74) is 6.91. The van der Waals surface area contributed by atoms with Crippen LogP contribution in [0.25, 0.3) is 11.3 Å². The predicted molar refractivity (Wildman–Crippen MR) is 95.2 cm³/mol. The summed E-state index contributed by atoms with van der Waals surface area (Å²) in [7, 11) is -4.38. The summed E-state index contributed by atoms with van der Waals surface area (Å²) in [4.78, 5) is 3.41. The number of thiocarbonyl (C=S) groups is 1. The van der Waals surface area contributed by atoms with Crippen LogP contribution in [0.1, 0.15) is 25.1 Å². The molecule has 0 fully saturated rings. The highest BCUT2D eigenvalue weighted by Crippen LogP contribution is 2.39. The molecule has 128 valence electrons. The van der Waals surface area contributed by atoms with E-state index in [4.69, 9.17) is 22.7 Å². The number of aromatic nitrogens is 1. The predicted octanol–water partition coefficient (Wildman–Crippen LogP) is 2.16. The standard InChI is InChI=1S/C15H17N3O4S2/c1-15(2)9-7-8(10-5-6-12(17-10)13(16)23)3-4-11(9)18-14(22-15)24(19,20)21/h3-7,14,17-18H,1-2H3,(H2,16,23)(H,19,20,21). The Labute approximate surface area is 145 Å². The Morgan fingerprint density at radius 1 is 1.33 bits per heavy atom. The number of fused-ring (bicyclic) bond motifs is 1. The molecule has 0 aliphatic carbocycles. The third-order valence-corrected chi connectivity index (χ3v) is 4.85. The Balaban J connectivity index is 2.03. The largest absolute Gasteiger partial charge is 0.388 e. The number of H-pyrrole nitrogens is 1. The number of anilines is 1. The van der Waals surface area contributed by atoms with Crippen molar-refractivity contribution < 1.29 is 17.7 Å². The number of hydrogen-bond donors (Lipinski definition) is 4. The van der Waals surface area contributed by atoms with Crippen LogP contribution < -0.4 is 11.1 Å². The van der Waals surface area contributed by atoms with Crippen LogP contribution >= 0.6 is 12.2 Å². The zero-order valence-electron chi connectivity index (χ0n) is 13.0. The smallest absolute Gasteiger partial charge is 0.312 e. The van der Waals surface area contributed by atoms with E-state index in [9.17, 15) is 13.0 Å². The van der Waals surface area contributed by atoms with Crippen LogP contribution in [-0.2, 0) is 20.5 Å². The van der Waals surface area contributed by atoms with Gasteiger partial charge in [0.25, 0.3) is 5.56 Å². The molecule has 0 radical (unpaired) electrons.